The SMILES string of the molecule is CC(C)C[C@H](NC(=O)[C@H](C)N)C(=O)N[C@@H](CC(=O)O)C(=O)N[C@@H](CCCCN)C(=O)N[C@@H](Cc1c[nH]c2ccccc12)C(=O)N[C@@H](CC(=O)O)C(=O)O. The maximum Gasteiger partial charge on any atom is 0.326 e. The second kappa shape index (κ2) is 21.1. The van der Waals surface area contributed by atoms with Gasteiger partial charge in [-0.2, -0.15) is 0 Å². The maximum atomic E-state index is 13.8. The van der Waals surface area contributed by atoms with Gasteiger partial charge in [-0.3, -0.25) is 33.6 Å². The van der Waals surface area contributed by atoms with Gasteiger partial charge in [0.1, 0.15) is 30.2 Å². The number of hydrogen-bond acceptors (Lipinski definition) is 10. The number of H-pyrrole nitrogens is 1. The maximum absolute atomic E-state index is 13.8. The van der Waals surface area contributed by atoms with E-state index in [0.29, 0.717) is 29.3 Å². The van der Waals surface area contributed by atoms with Crippen molar-refractivity contribution in [3.05, 3.63) is 36.0 Å². The highest BCUT2D eigenvalue weighted by atomic mass is 16.4. The zero-order valence-electron chi connectivity index (χ0n) is 29.8. The van der Waals surface area contributed by atoms with Crippen LogP contribution >= 0.6 is 0 Å². The summed E-state index contributed by atoms with van der Waals surface area (Å²) >= 11 is 0. The van der Waals surface area contributed by atoms with Crippen molar-refractivity contribution >= 4 is 58.3 Å². The molecule has 0 aliphatic carbocycles. The van der Waals surface area contributed by atoms with E-state index in [9.17, 15) is 53.7 Å². The number of carbonyl (C=O) groups is 8. The third-order valence-corrected chi connectivity index (χ3v) is 8.07. The van der Waals surface area contributed by atoms with Crippen LogP contribution in [0.1, 0.15) is 64.9 Å². The van der Waals surface area contributed by atoms with E-state index in [1.54, 1.807) is 44.3 Å². The van der Waals surface area contributed by atoms with Gasteiger partial charge in [0.25, 0.3) is 0 Å². The number of carboxylic acids is 3. The number of carboxylic acid groups (broad SMARTS) is 3. The van der Waals surface area contributed by atoms with E-state index in [4.69, 9.17) is 11.5 Å². The number of aromatic amines is 1. The number of aliphatic carboxylic acids is 3. The second-order valence-corrected chi connectivity index (χ2v) is 13.1. The Bertz CT molecular complexity index is 1630. The fourth-order valence-corrected chi connectivity index (χ4v) is 5.35. The van der Waals surface area contributed by atoms with Crippen LogP contribution < -0.4 is 38.1 Å². The van der Waals surface area contributed by atoms with Crippen molar-refractivity contribution in [2.75, 3.05) is 6.54 Å². The molecule has 13 N–H and O–H groups in total. The zero-order valence-corrected chi connectivity index (χ0v) is 29.8. The van der Waals surface area contributed by atoms with Crippen molar-refractivity contribution in [3.8, 4) is 0 Å². The molecule has 2 rings (SSSR count). The van der Waals surface area contributed by atoms with Gasteiger partial charge < -0.3 is 58.4 Å². The lowest BCUT2D eigenvalue weighted by Gasteiger charge is -2.27. The largest absolute Gasteiger partial charge is 0.481 e. The lowest BCUT2D eigenvalue weighted by atomic mass is 10.0. The second-order valence-electron chi connectivity index (χ2n) is 13.1. The fourth-order valence-electron chi connectivity index (χ4n) is 5.35. The first kappa shape index (κ1) is 43.6. The van der Waals surface area contributed by atoms with Crippen LogP contribution in [0.15, 0.2) is 30.5 Å². The number of carbonyl (C=O) groups excluding carboxylic acids is 5. The molecular weight excluding hydrogens is 696 g/mol. The highest BCUT2D eigenvalue weighted by molar-refractivity contribution is 5.98. The first-order chi connectivity index (χ1) is 24.9. The fraction of sp³-hybridized carbons (Fsp3) is 0.529. The minimum atomic E-state index is -1.83. The van der Waals surface area contributed by atoms with Gasteiger partial charge in [-0.25, -0.2) is 4.79 Å². The molecule has 0 bridgehead atoms. The number of fused-ring (bicyclic) bond motifs is 1. The lowest BCUT2D eigenvalue weighted by molar-refractivity contribution is -0.147. The van der Waals surface area contributed by atoms with Crippen LogP contribution in [0.2, 0.25) is 0 Å². The van der Waals surface area contributed by atoms with Crippen molar-refractivity contribution in [3.63, 3.8) is 0 Å². The monoisotopic (exact) mass is 746 g/mol. The predicted octanol–water partition coefficient (Wildman–Crippen LogP) is -1.31. The van der Waals surface area contributed by atoms with Gasteiger partial charge in [0.2, 0.25) is 29.5 Å². The van der Waals surface area contributed by atoms with Crippen molar-refractivity contribution in [1.82, 2.24) is 31.6 Å². The molecule has 0 saturated carbocycles. The highest BCUT2D eigenvalue weighted by Gasteiger charge is 2.34. The molecule has 0 unspecified atom stereocenters. The molecule has 1 heterocycles. The lowest BCUT2D eigenvalue weighted by Crippen LogP contribution is -2.59. The van der Waals surface area contributed by atoms with E-state index in [-0.39, 0.29) is 31.7 Å². The number of para-hydroxylation sites is 1. The van der Waals surface area contributed by atoms with E-state index in [2.05, 4.69) is 31.6 Å². The number of nitrogens with one attached hydrogen (secondary N) is 6. The molecule has 19 heteroatoms. The van der Waals surface area contributed by atoms with Gasteiger partial charge in [0, 0.05) is 23.5 Å². The third kappa shape index (κ3) is 14.5. The van der Waals surface area contributed by atoms with E-state index in [1.807, 2.05) is 0 Å². The van der Waals surface area contributed by atoms with E-state index in [1.165, 1.54) is 6.92 Å². The van der Waals surface area contributed by atoms with Crippen molar-refractivity contribution < 1.29 is 53.7 Å². The molecule has 0 aliphatic rings. The number of unbranched alkanes of at least 4 members (excludes halogenated alkanes) is 1. The average Bonchev–Trinajstić information content (AvgIpc) is 3.48. The van der Waals surface area contributed by atoms with Crippen LogP contribution in [0.4, 0.5) is 0 Å². The Kier molecular flexibility index (Phi) is 17.3. The molecule has 2 aromatic rings. The third-order valence-electron chi connectivity index (χ3n) is 8.07. The Morgan fingerprint density at radius 2 is 1.19 bits per heavy atom. The van der Waals surface area contributed by atoms with Crippen LogP contribution in [0, 0.1) is 5.92 Å². The molecule has 0 spiro atoms. The molecule has 0 radical (unpaired) electrons. The molecule has 0 fully saturated rings. The van der Waals surface area contributed by atoms with Crippen LogP contribution in [-0.2, 0) is 44.8 Å². The van der Waals surface area contributed by atoms with Crippen molar-refractivity contribution in [2.24, 2.45) is 17.4 Å². The molecule has 1 aromatic carbocycles. The molecular formula is C34H50N8O11. The summed E-state index contributed by atoms with van der Waals surface area (Å²) in [6.07, 6.45) is 0.361. The minimum Gasteiger partial charge on any atom is -0.481 e. The summed E-state index contributed by atoms with van der Waals surface area (Å²) in [5, 5.41) is 40.9. The molecule has 53 heavy (non-hydrogen) atoms. The van der Waals surface area contributed by atoms with Gasteiger partial charge >= 0.3 is 17.9 Å². The topological polar surface area (TPSA) is 325 Å². The van der Waals surface area contributed by atoms with E-state index >= 15 is 0 Å². The average molecular weight is 747 g/mol. The number of rotatable bonds is 23. The Morgan fingerprint density at radius 3 is 1.77 bits per heavy atom. The van der Waals surface area contributed by atoms with Crippen LogP contribution in [0.25, 0.3) is 10.9 Å². The summed E-state index contributed by atoms with van der Waals surface area (Å²) in [6.45, 7) is 5.20. The Morgan fingerprint density at radius 1 is 0.679 bits per heavy atom. The van der Waals surface area contributed by atoms with Gasteiger partial charge in [-0.05, 0) is 56.7 Å². The van der Waals surface area contributed by atoms with E-state index < -0.39 is 96.5 Å². The number of hydrogen-bond donors (Lipinski definition) is 11. The summed E-state index contributed by atoms with van der Waals surface area (Å²) in [5.74, 6) is -9.18. The molecule has 0 saturated heterocycles. The summed E-state index contributed by atoms with van der Waals surface area (Å²) in [6, 6.07) is -1.51. The Hall–Kier alpha value is -5.56. The molecule has 5 amide bonds. The summed E-state index contributed by atoms with van der Waals surface area (Å²) in [4.78, 5) is 104. The number of nitrogens with two attached hydrogens (primary N) is 2. The summed E-state index contributed by atoms with van der Waals surface area (Å²) in [5.41, 5.74) is 12.5. The summed E-state index contributed by atoms with van der Waals surface area (Å²) in [7, 11) is 0. The van der Waals surface area contributed by atoms with Gasteiger partial charge in [0.05, 0.1) is 18.9 Å². The van der Waals surface area contributed by atoms with Crippen LogP contribution in [-0.4, -0.2) is 111 Å². The van der Waals surface area contributed by atoms with E-state index in [0.717, 1.165) is 0 Å². The number of benzene rings is 1. The zero-order chi connectivity index (χ0) is 39.8. The van der Waals surface area contributed by atoms with Crippen molar-refractivity contribution in [2.45, 2.75) is 102 Å². The van der Waals surface area contributed by atoms with Gasteiger partial charge in [0.15, 0.2) is 0 Å². The summed E-state index contributed by atoms with van der Waals surface area (Å²) < 4.78 is 0. The van der Waals surface area contributed by atoms with Crippen molar-refractivity contribution in [1.29, 1.82) is 0 Å². The van der Waals surface area contributed by atoms with Crippen LogP contribution in [0.5, 0.6) is 0 Å². The Labute approximate surface area is 305 Å². The standard InChI is InChI=1S/C34H50N8O11/c1-17(2)12-23(39-29(47)18(3)36)31(49)41-25(14-27(43)44)33(51)38-22(10-6-7-11-35)30(48)40-24(32(50)42-26(34(52)53)15-28(45)46)13-19-16-37-21-9-5-4-8-20(19)21/h4-5,8-9,16-18,22-26,37H,6-7,10-15,35-36H2,1-3H3,(H,38,51)(H,39,47)(H,40,48)(H,41,49)(H,42,50)(H,43,44)(H,45,46)(H,52,53)/t18-,22-,23-,24-,25-,26-/m0/s1. The Balaban J connectivity index is 2.41. The minimum absolute atomic E-state index is 0.0406. The number of amides is 5. The predicted molar refractivity (Wildman–Crippen MR) is 190 cm³/mol. The molecule has 1 aromatic heterocycles. The van der Waals surface area contributed by atoms with Gasteiger partial charge in [-0.15, -0.1) is 0 Å². The molecule has 0 aliphatic heterocycles. The number of aromatic nitrogens is 1. The molecule has 19 nitrogen and oxygen atoms in total. The quantitative estimate of drug-likeness (QED) is 0.0590. The molecule has 6 atom stereocenters. The smallest absolute Gasteiger partial charge is 0.326 e. The normalized spacial score (nSPS) is 14.5. The van der Waals surface area contributed by atoms with Gasteiger partial charge in [-0.1, -0.05) is 32.0 Å². The van der Waals surface area contributed by atoms with Crippen LogP contribution in [0.3, 0.4) is 0 Å². The highest BCUT2D eigenvalue weighted by Crippen LogP contribution is 2.19. The molecule has 292 valence electrons. The first-order valence-corrected chi connectivity index (χ1v) is 17.1. The first-order valence-electron chi connectivity index (χ1n) is 17.1.